The molecule has 0 atom stereocenters. The quantitative estimate of drug-likeness (QED) is 0.765. The SMILES string of the molecule is CCc1ccc(CNCCCn2ccnn2)s1. The number of hydrogen-bond acceptors (Lipinski definition) is 4. The van der Waals surface area contributed by atoms with Crippen LogP contribution < -0.4 is 5.32 Å². The van der Waals surface area contributed by atoms with E-state index >= 15 is 0 Å². The van der Waals surface area contributed by atoms with E-state index < -0.39 is 0 Å². The molecular formula is C12H18N4S. The van der Waals surface area contributed by atoms with Gasteiger partial charge in [-0.1, -0.05) is 12.1 Å². The molecule has 0 aliphatic heterocycles. The van der Waals surface area contributed by atoms with Crippen molar-refractivity contribution in [3.05, 3.63) is 34.3 Å². The molecule has 5 heteroatoms. The van der Waals surface area contributed by atoms with Gasteiger partial charge >= 0.3 is 0 Å². The first-order valence-electron chi connectivity index (χ1n) is 6.01. The van der Waals surface area contributed by atoms with Crippen LogP contribution >= 0.6 is 11.3 Å². The van der Waals surface area contributed by atoms with Crippen molar-refractivity contribution in [2.75, 3.05) is 6.54 Å². The molecule has 2 aromatic rings. The Morgan fingerprint density at radius 1 is 1.35 bits per heavy atom. The molecule has 17 heavy (non-hydrogen) atoms. The third-order valence-corrected chi connectivity index (χ3v) is 3.81. The Bertz CT molecular complexity index is 421. The number of nitrogens with zero attached hydrogens (tertiary/aromatic N) is 3. The number of aryl methyl sites for hydroxylation is 2. The van der Waals surface area contributed by atoms with Crippen LogP contribution in [0.15, 0.2) is 24.5 Å². The van der Waals surface area contributed by atoms with Gasteiger partial charge in [-0.3, -0.25) is 4.68 Å². The van der Waals surface area contributed by atoms with Gasteiger partial charge in [0.15, 0.2) is 0 Å². The molecule has 2 heterocycles. The molecule has 92 valence electrons. The molecule has 0 saturated heterocycles. The maximum absolute atomic E-state index is 3.93. The van der Waals surface area contributed by atoms with Crippen molar-refractivity contribution in [1.29, 1.82) is 0 Å². The zero-order chi connectivity index (χ0) is 11.9. The molecule has 0 bridgehead atoms. The Labute approximate surface area is 106 Å². The minimum Gasteiger partial charge on any atom is -0.312 e. The van der Waals surface area contributed by atoms with E-state index in [1.54, 1.807) is 6.20 Å². The third-order valence-electron chi connectivity index (χ3n) is 2.58. The van der Waals surface area contributed by atoms with Gasteiger partial charge in [0.2, 0.25) is 0 Å². The molecule has 2 rings (SSSR count). The predicted octanol–water partition coefficient (Wildman–Crippen LogP) is 2.08. The Balaban J connectivity index is 1.60. The fourth-order valence-corrected chi connectivity index (χ4v) is 2.56. The Kier molecular flexibility index (Phi) is 4.70. The van der Waals surface area contributed by atoms with Gasteiger partial charge < -0.3 is 5.32 Å². The van der Waals surface area contributed by atoms with Crippen molar-refractivity contribution in [3.63, 3.8) is 0 Å². The fraction of sp³-hybridized carbons (Fsp3) is 0.500. The van der Waals surface area contributed by atoms with Gasteiger partial charge in [0, 0.05) is 29.0 Å². The number of aromatic nitrogens is 3. The second-order valence-electron chi connectivity index (χ2n) is 3.92. The van der Waals surface area contributed by atoms with Gasteiger partial charge in [-0.05, 0) is 31.5 Å². The maximum Gasteiger partial charge on any atom is 0.0692 e. The van der Waals surface area contributed by atoms with E-state index in [0.29, 0.717) is 0 Å². The number of nitrogens with one attached hydrogen (secondary N) is 1. The normalized spacial score (nSPS) is 10.9. The van der Waals surface area contributed by atoms with Crippen molar-refractivity contribution in [1.82, 2.24) is 20.3 Å². The highest BCUT2D eigenvalue weighted by molar-refractivity contribution is 7.11. The van der Waals surface area contributed by atoms with Gasteiger partial charge in [-0.2, -0.15) is 0 Å². The Hall–Kier alpha value is -1.20. The average molecular weight is 250 g/mol. The van der Waals surface area contributed by atoms with Crippen LogP contribution in [0.25, 0.3) is 0 Å². The smallest absolute Gasteiger partial charge is 0.0692 e. The molecule has 0 saturated carbocycles. The zero-order valence-corrected chi connectivity index (χ0v) is 10.9. The number of rotatable bonds is 7. The van der Waals surface area contributed by atoms with Crippen molar-refractivity contribution < 1.29 is 0 Å². The van der Waals surface area contributed by atoms with E-state index in [-0.39, 0.29) is 0 Å². The van der Waals surface area contributed by atoms with Crippen molar-refractivity contribution in [2.24, 2.45) is 0 Å². The first kappa shape index (κ1) is 12.3. The van der Waals surface area contributed by atoms with E-state index in [0.717, 1.165) is 32.5 Å². The van der Waals surface area contributed by atoms with Crippen molar-refractivity contribution >= 4 is 11.3 Å². The lowest BCUT2D eigenvalue weighted by Gasteiger charge is -2.02. The molecule has 0 aliphatic rings. The van der Waals surface area contributed by atoms with Gasteiger partial charge in [-0.15, -0.1) is 16.4 Å². The summed E-state index contributed by atoms with van der Waals surface area (Å²) in [5.74, 6) is 0. The first-order valence-corrected chi connectivity index (χ1v) is 6.82. The monoisotopic (exact) mass is 250 g/mol. The van der Waals surface area contributed by atoms with Crippen LogP contribution in [0.5, 0.6) is 0 Å². The predicted molar refractivity (Wildman–Crippen MR) is 70.0 cm³/mol. The molecule has 0 amide bonds. The van der Waals surface area contributed by atoms with Gasteiger partial charge in [0.25, 0.3) is 0 Å². The summed E-state index contributed by atoms with van der Waals surface area (Å²) in [7, 11) is 0. The van der Waals surface area contributed by atoms with Crippen molar-refractivity contribution in [3.8, 4) is 0 Å². The highest BCUT2D eigenvalue weighted by atomic mass is 32.1. The van der Waals surface area contributed by atoms with Crippen LogP contribution in [0.2, 0.25) is 0 Å². The summed E-state index contributed by atoms with van der Waals surface area (Å²) in [6, 6.07) is 4.44. The van der Waals surface area contributed by atoms with Crippen LogP contribution in [-0.4, -0.2) is 21.5 Å². The first-order chi connectivity index (χ1) is 8.38. The van der Waals surface area contributed by atoms with Crippen LogP contribution in [0.3, 0.4) is 0 Å². The standard InChI is InChI=1S/C12H18N4S/c1-2-11-4-5-12(17-11)10-13-6-3-8-16-9-7-14-15-16/h4-5,7,9,13H,2-3,6,8,10H2,1H3. The molecule has 0 aromatic carbocycles. The molecule has 4 nitrogen and oxygen atoms in total. The number of thiophene rings is 1. The van der Waals surface area contributed by atoms with E-state index in [1.165, 1.54) is 9.75 Å². The molecule has 2 aromatic heterocycles. The summed E-state index contributed by atoms with van der Waals surface area (Å²) in [5, 5.41) is 11.2. The molecule has 0 fully saturated rings. The zero-order valence-electron chi connectivity index (χ0n) is 10.1. The maximum atomic E-state index is 3.93. The Morgan fingerprint density at radius 2 is 2.24 bits per heavy atom. The van der Waals surface area contributed by atoms with E-state index in [9.17, 15) is 0 Å². The number of hydrogen-bond donors (Lipinski definition) is 1. The molecular weight excluding hydrogens is 232 g/mol. The van der Waals surface area contributed by atoms with E-state index in [2.05, 4.69) is 34.7 Å². The summed E-state index contributed by atoms with van der Waals surface area (Å²) in [6.45, 7) is 5.11. The third kappa shape index (κ3) is 3.94. The molecule has 0 unspecified atom stereocenters. The lowest BCUT2D eigenvalue weighted by atomic mass is 10.3. The van der Waals surface area contributed by atoms with Gasteiger partial charge in [0.1, 0.15) is 0 Å². The average Bonchev–Trinajstić information content (AvgIpc) is 2.99. The van der Waals surface area contributed by atoms with Crippen molar-refractivity contribution in [2.45, 2.75) is 32.9 Å². The summed E-state index contributed by atoms with van der Waals surface area (Å²) in [5.41, 5.74) is 0. The molecule has 0 spiro atoms. The fourth-order valence-electron chi connectivity index (χ4n) is 1.64. The largest absolute Gasteiger partial charge is 0.312 e. The van der Waals surface area contributed by atoms with Crippen LogP contribution in [0, 0.1) is 0 Å². The minimum absolute atomic E-state index is 0.928. The highest BCUT2D eigenvalue weighted by Gasteiger charge is 1.98. The van der Waals surface area contributed by atoms with E-state index in [4.69, 9.17) is 0 Å². The van der Waals surface area contributed by atoms with Gasteiger partial charge in [-0.25, -0.2) is 0 Å². The molecule has 0 aliphatic carbocycles. The van der Waals surface area contributed by atoms with Crippen LogP contribution in [-0.2, 0) is 19.5 Å². The second-order valence-corrected chi connectivity index (χ2v) is 5.17. The van der Waals surface area contributed by atoms with Crippen LogP contribution in [0.4, 0.5) is 0 Å². The summed E-state index contributed by atoms with van der Waals surface area (Å²) in [6.07, 6.45) is 5.82. The minimum atomic E-state index is 0.928. The lowest BCUT2D eigenvalue weighted by molar-refractivity contribution is 0.531. The summed E-state index contributed by atoms with van der Waals surface area (Å²) in [4.78, 5) is 2.88. The molecule has 1 N–H and O–H groups in total. The topological polar surface area (TPSA) is 42.7 Å². The van der Waals surface area contributed by atoms with Gasteiger partial charge in [0.05, 0.1) is 6.20 Å². The van der Waals surface area contributed by atoms with Crippen LogP contribution in [0.1, 0.15) is 23.1 Å². The summed E-state index contributed by atoms with van der Waals surface area (Å²) >= 11 is 1.90. The van der Waals surface area contributed by atoms with E-state index in [1.807, 2.05) is 22.2 Å². The lowest BCUT2D eigenvalue weighted by Crippen LogP contribution is -2.16. The molecule has 0 radical (unpaired) electrons. The second kappa shape index (κ2) is 6.51. The summed E-state index contributed by atoms with van der Waals surface area (Å²) < 4.78 is 1.86. The highest BCUT2D eigenvalue weighted by Crippen LogP contribution is 2.16. The Morgan fingerprint density at radius 3 is 2.94 bits per heavy atom.